The number of hydrogen-bond acceptors (Lipinski definition) is 4. The van der Waals surface area contributed by atoms with Crippen LogP contribution in [-0.2, 0) is 4.79 Å². The van der Waals surface area contributed by atoms with Gasteiger partial charge in [-0.2, -0.15) is 0 Å². The number of benzene rings is 1. The molecule has 7 heteroatoms. The van der Waals surface area contributed by atoms with Crippen molar-refractivity contribution < 1.29 is 9.59 Å². The van der Waals surface area contributed by atoms with Crippen molar-refractivity contribution in [3.05, 3.63) is 34.9 Å². The van der Waals surface area contributed by atoms with Gasteiger partial charge in [-0.15, -0.1) is 0 Å². The minimum Gasteiger partial charge on any atom is -0.353 e. The molecule has 2 aliphatic heterocycles. The monoisotopic (exact) mass is 460 g/mol. The highest BCUT2D eigenvalue weighted by Gasteiger charge is 2.37. The Morgan fingerprint density at radius 1 is 0.906 bits per heavy atom. The molecule has 0 radical (unpaired) electrons. The molecule has 2 amide bonds. The molecular formula is C25H37ClN4O2. The summed E-state index contributed by atoms with van der Waals surface area (Å²) in [5.74, 6) is 0.666. The summed E-state index contributed by atoms with van der Waals surface area (Å²) in [7, 11) is 0. The van der Waals surface area contributed by atoms with Crippen LogP contribution in [0.3, 0.4) is 0 Å². The second-order valence-corrected chi connectivity index (χ2v) is 9.95. The van der Waals surface area contributed by atoms with Gasteiger partial charge in [0.1, 0.15) is 0 Å². The van der Waals surface area contributed by atoms with Gasteiger partial charge in [-0.1, -0.05) is 30.9 Å². The molecule has 32 heavy (non-hydrogen) atoms. The van der Waals surface area contributed by atoms with Gasteiger partial charge in [0.25, 0.3) is 5.91 Å². The SMILES string of the molecule is O=C(NCCN1CCCCC1)[C@H](C1CCCC1)N1CCN(C(=O)c2ccc(Cl)cc2)CC1. The zero-order valence-corrected chi connectivity index (χ0v) is 19.9. The third kappa shape index (κ3) is 6.03. The summed E-state index contributed by atoms with van der Waals surface area (Å²) in [5, 5.41) is 3.89. The summed E-state index contributed by atoms with van der Waals surface area (Å²) in [6, 6.07) is 7.03. The Labute approximate surface area is 197 Å². The lowest BCUT2D eigenvalue weighted by Crippen LogP contribution is -2.58. The molecule has 1 atom stereocenters. The molecule has 0 bridgehead atoms. The third-order valence-corrected chi connectivity index (χ3v) is 7.63. The second-order valence-electron chi connectivity index (χ2n) is 9.52. The summed E-state index contributed by atoms with van der Waals surface area (Å²) in [6.07, 6.45) is 8.59. The molecular weight excluding hydrogens is 424 g/mol. The molecule has 0 unspecified atom stereocenters. The molecule has 2 heterocycles. The molecule has 6 nitrogen and oxygen atoms in total. The third-order valence-electron chi connectivity index (χ3n) is 7.38. The predicted octanol–water partition coefficient (Wildman–Crippen LogP) is 3.26. The quantitative estimate of drug-likeness (QED) is 0.678. The zero-order valence-electron chi connectivity index (χ0n) is 19.1. The van der Waals surface area contributed by atoms with Crippen LogP contribution in [0.15, 0.2) is 24.3 Å². The van der Waals surface area contributed by atoms with Gasteiger partial charge in [0.2, 0.25) is 5.91 Å². The maximum absolute atomic E-state index is 13.3. The fourth-order valence-corrected chi connectivity index (χ4v) is 5.68. The fourth-order valence-electron chi connectivity index (χ4n) is 5.55. The van der Waals surface area contributed by atoms with Crippen molar-refractivity contribution in [2.75, 3.05) is 52.4 Å². The smallest absolute Gasteiger partial charge is 0.253 e. The second kappa shape index (κ2) is 11.5. The van der Waals surface area contributed by atoms with Crippen molar-refractivity contribution in [3.8, 4) is 0 Å². The summed E-state index contributed by atoms with van der Waals surface area (Å²) >= 11 is 5.96. The van der Waals surface area contributed by atoms with Crippen molar-refractivity contribution in [1.29, 1.82) is 0 Å². The molecule has 3 fully saturated rings. The van der Waals surface area contributed by atoms with Crippen molar-refractivity contribution in [3.63, 3.8) is 0 Å². The molecule has 1 saturated carbocycles. The Morgan fingerprint density at radius 2 is 1.56 bits per heavy atom. The Bertz CT molecular complexity index is 752. The number of nitrogens with one attached hydrogen (secondary N) is 1. The van der Waals surface area contributed by atoms with E-state index in [1.54, 1.807) is 24.3 Å². The van der Waals surface area contributed by atoms with E-state index in [4.69, 9.17) is 11.6 Å². The molecule has 0 aromatic heterocycles. The summed E-state index contributed by atoms with van der Waals surface area (Å²) in [6.45, 7) is 6.82. The van der Waals surface area contributed by atoms with Crippen LogP contribution in [-0.4, -0.2) is 84.9 Å². The maximum atomic E-state index is 13.3. The number of piperazine rings is 1. The van der Waals surface area contributed by atoms with E-state index in [-0.39, 0.29) is 17.9 Å². The summed E-state index contributed by atoms with van der Waals surface area (Å²) in [5.41, 5.74) is 0.672. The van der Waals surface area contributed by atoms with Crippen LogP contribution in [0.5, 0.6) is 0 Å². The van der Waals surface area contributed by atoms with Gasteiger partial charge in [0, 0.05) is 49.9 Å². The van der Waals surface area contributed by atoms with Crippen molar-refractivity contribution in [2.45, 2.75) is 51.0 Å². The number of hydrogen-bond donors (Lipinski definition) is 1. The van der Waals surface area contributed by atoms with E-state index in [0.717, 1.165) is 52.1 Å². The van der Waals surface area contributed by atoms with Crippen LogP contribution >= 0.6 is 11.6 Å². The molecule has 1 aromatic rings. The highest BCUT2D eigenvalue weighted by molar-refractivity contribution is 6.30. The summed E-state index contributed by atoms with van der Waals surface area (Å²) in [4.78, 5) is 32.8. The van der Waals surface area contributed by atoms with Crippen LogP contribution in [0.2, 0.25) is 5.02 Å². The van der Waals surface area contributed by atoms with Crippen LogP contribution in [0.25, 0.3) is 0 Å². The Hall–Kier alpha value is -1.63. The van der Waals surface area contributed by atoms with E-state index < -0.39 is 0 Å². The van der Waals surface area contributed by atoms with Gasteiger partial charge < -0.3 is 15.1 Å². The topological polar surface area (TPSA) is 55.9 Å². The van der Waals surface area contributed by atoms with Crippen molar-refractivity contribution >= 4 is 23.4 Å². The van der Waals surface area contributed by atoms with Gasteiger partial charge in [0.05, 0.1) is 6.04 Å². The molecule has 1 aromatic carbocycles. The van der Waals surface area contributed by atoms with Gasteiger partial charge in [-0.25, -0.2) is 0 Å². The fraction of sp³-hybridized carbons (Fsp3) is 0.680. The lowest BCUT2D eigenvalue weighted by atomic mass is 9.95. The molecule has 1 aliphatic carbocycles. The number of piperidine rings is 1. The predicted molar refractivity (Wildman–Crippen MR) is 128 cm³/mol. The minimum atomic E-state index is -0.0633. The van der Waals surface area contributed by atoms with E-state index in [2.05, 4.69) is 15.1 Å². The van der Waals surface area contributed by atoms with Crippen molar-refractivity contribution in [2.24, 2.45) is 5.92 Å². The molecule has 2 saturated heterocycles. The standard InChI is InChI=1S/C25H37ClN4O2/c26-22-10-8-21(9-11-22)25(32)30-18-16-29(17-19-30)23(20-6-2-3-7-20)24(31)27-12-15-28-13-4-1-5-14-28/h8-11,20,23H,1-7,12-19H2,(H,27,31)/t23-/m0/s1. The average molecular weight is 461 g/mol. The molecule has 3 aliphatic rings. The van der Waals surface area contributed by atoms with Gasteiger partial charge in [-0.05, 0) is 69.0 Å². The van der Waals surface area contributed by atoms with Crippen LogP contribution in [0.1, 0.15) is 55.3 Å². The lowest BCUT2D eigenvalue weighted by Gasteiger charge is -2.41. The zero-order chi connectivity index (χ0) is 22.3. The number of halogens is 1. The first-order valence-corrected chi connectivity index (χ1v) is 12.8. The van der Waals surface area contributed by atoms with Gasteiger partial charge in [0.15, 0.2) is 0 Å². The summed E-state index contributed by atoms with van der Waals surface area (Å²) < 4.78 is 0. The molecule has 0 spiro atoms. The number of nitrogens with zero attached hydrogens (tertiary/aromatic N) is 3. The maximum Gasteiger partial charge on any atom is 0.253 e. The number of rotatable bonds is 7. The normalized spacial score (nSPS) is 22.1. The Balaban J connectivity index is 1.31. The van der Waals surface area contributed by atoms with Crippen LogP contribution in [0.4, 0.5) is 0 Å². The van der Waals surface area contributed by atoms with Gasteiger partial charge >= 0.3 is 0 Å². The first-order chi connectivity index (χ1) is 15.6. The molecule has 1 N–H and O–H groups in total. The van der Waals surface area contributed by atoms with Gasteiger partial charge in [-0.3, -0.25) is 14.5 Å². The van der Waals surface area contributed by atoms with E-state index in [0.29, 0.717) is 29.6 Å². The largest absolute Gasteiger partial charge is 0.353 e. The number of amides is 2. The lowest BCUT2D eigenvalue weighted by molar-refractivity contribution is -0.129. The Kier molecular flexibility index (Phi) is 8.44. The van der Waals surface area contributed by atoms with Crippen LogP contribution < -0.4 is 5.32 Å². The average Bonchev–Trinajstić information content (AvgIpc) is 3.35. The number of likely N-dealkylation sites (tertiary alicyclic amines) is 1. The number of carbonyl (C=O) groups excluding carboxylic acids is 2. The van der Waals surface area contributed by atoms with E-state index in [9.17, 15) is 9.59 Å². The van der Waals surface area contributed by atoms with Crippen LogP contribution in [0, 0.1) is 5.92 Å². The molecule has 4 rings (SSSR count). The highest BCUT2D eigenvalue weighted by atomic mass is 35.5. The first-order valence-electron chi connectivity index (χ1n) is 12.4. The first kappa shape index (κ1) is 23.5. The number of carbonyl (C=O) groups is 2. The van der Waals surface area contributed by atoms with Crippen molar-refractivity contribution in [1.82, 2.24) is 20.0 Å². The van der Waals surface area contributed by atoms with E-state index in [1.807, 2.05) is 4.90 Å². The highest BCUT2D eigenvalue weighted by Crippen LogP contribution is 2.31. The van der Waals surface area contributed by atoms with E-state index in [1.165, 1.54) is 32.1 Å². The minimum absolute atomic E-state index is 0.0460. The Morgan fingerprint density at radius 3 is 2.22 bits per heavy atom. The molecule has 176 valence electrons. The van der Waals surface area contributed by atoms with E-state index >= 15 is 0 Å².